The Morgan fingerprint density at radius 3 is 2.95 bits per heavy atom. The minimum Gasteiger partial charge on any atom is -0.463 e. The molecule has 22 heavy (non-hydrogen) atoms. The first kappa shape index (κ1) is 16.8. The molecular formula is C19H25FO2. The molecular weight excluding hydrogens is 279 g/mol. The van der Waals surface area contributed by atoms with Gasteiger partial charge in [-0.3, -0.25) is 0 Å². The summed E-state index contributed by atoms with van der Waals surface area (Å²) >= 11 is 0. The molecule has 3 atom stereocenters. The minimum atomic E-state index is -0.815. The summed E-state index contributed by atoms with van der Waals surface area (Å²) in [4.78, 5) is 0. The van der Waals surface area contributed by atoms with Crippen molar-refractivity contribution in [1.29, 1.82) is 0 Å². The highest BCUT2D eigenvalue weighted by Gasteiger charge is 2.26. The lowest BCUT2D eigenvalue weighted by atomic mass is 9.78. The maximum absolute atomic E-state index is 12.6. The first-order valence-electron chi connectivity index (χ1n) is 7.87. The van der Waals surface area contributed by atoms with E-state index in [2.05, 4.69) is 25.7 Å². The molecule has 2 nitrogen and oxygen atoms in total. The lowest BCUT2D eigenvalue weighted by Crippen LogP contribution is -2.17. The van der Waals surface area contributed by atoms with Crippen molar-refractivity contribution in [3.63, 3.8) is 0 Å². The predicted octanol–water partition coefficient (Wildman–Crippen LogP) is 4.76. The van der Waals surface area contributed by atoms with Crippen LogP contribution in [0.3, 0.4) is 0 Å². The summed E-state index contributed by atoms with van der Waals surface area (Å²) in [5.41, 5.74) is 3.40. The van der Waals surface area contributed by atoms with E-state index in [1.807, 2.05) is 19.1 Å². The van der Waals surface area contributed by atoms with Crippen LogP contribution in [0.15, 0.2) is 30.9 Å². The largest absolute Gasteiger partial charge is 0.463 e. The van der Waals surface area contributed by atoms with E-state index >= 15 is 0 Å². The highest BCUT2D eigenvalue weighted by molar-refractivity contribution is 5.61. The van der Waals surface area contributed by atoms with Gasteiger partial charge in [-0.2, -0.15) is 0 Å². The quantitative estimate of drug-likeness (QED) is 0.767. The first-order valence-corrected chi connectivity index (χ1v) is 7.87. The van der Waals surface area contributed by atoms with Crippen molar-refractivity contribution >= 4 is 6.08 Å². The molecule has 0 radical (unpaired) electrons. The maximum Gasteiger partial charge on any atom is 0.228 e. The van der Waals surface area contributed by atoms with Gasteiger partial charge in [0, 0.05) is 0 Å². The third kappa shape index (κ3) is 3.58. The molecule has 0 amide bonds. The second-order valence-electron chi connectivity index (χ2n) is 6.05. The van der Waals surface area contributed by atoms with E-state index in [9.17, 15) is 9.50 Å². The minimum absolute atomic E-state index is 0.311. The van der Waals surface area contributed by atoms with Crippen molar-refractivity contribution in [2.75, 3.05) is 6.86 Å². The SMILES string of the molecule is C=C[C@H](O)C[C@H](C)[C@@H]1CCC=Cc2ccc(OCF)c(C)c21. The van der Waals surface area contributed by atoms with Gasteiger partial charge in [0.2, 0.25) is 6.86 Å². The Bertz CT molecular complexity index is 551. The Labute approximate surface area is 132 Å². The average molecular weight is 304 g/mol. The van der Waals surface area contributed by atoms with Gasteiger partial charge in [-0.1, -0.05) is 31.2 Å². The fourth-order valence-electron chi connectivity index (χ4n) is 3.42. The van der Waals surface area contributed by atoms with Gasteiger partial charge >= 0.3 is 0 Å². The summed E-state index contributed by atoms with van der Waals surface area (Å²) in [5.74, 6) is 1.24. The number of rotatable bonds is 6. The molecule has 3 heteroatoms. The third-order valence-electron chi connectivity index (χ3n) is 4.59. The molecule has 0 bridgehead atoms. The maximum atomic E-state index is 12.6. The first-order chi connectivity index (χ1) is 10.6. The summed E-state index contributed by atoms with van der Waals surface area (Å²) in [6.07, 6.45) is 8.13. The van der Waals surface area contributed by atoms with Crippen LogP contribution in [-0.2, 0) is 0 Å². The van der Waals surface area contributed by atoms with Crippen molar-refractivity contribution in [3.05, 3.63) is 47.6 Å². The predicted molar refractivity (Wildman–Crippen MR) is 88.8 cm³/mol. The van der Waals surface area contributed by atoms with E-state index in [1.54, 1.807) is 6.08 Å². The Hall–Kier alpha value is -1.61. The van der Waals surface area contributed by atoms with Crippen LogP contribution in [0.5, 0.6) is 5.75 Å². The third-order valence-corrected chi connectivity index (χ3v) is 4.59. The number of hydrogen-bond donors (Lipinski definition) is 1. The molecule has 1 aliphatic rings. The summed E-state index contributed by atoms with van der Waals surface area (Å²) < 4.78 is 17.7. The van der Waals surface area contributed by atoms with Crippen molar-refractivity contribution in [1.82, 2.24) is 0 Å². The number of hydrogen-bond acceptors (Lipinski definition) is 2. The van der Waals surface area contributed by atoms with Gasteiger partial charge in [-0.15, -0.1) is 6.58 Å². The second-order valence-corrected chi connectivity index (χ2v) is 6.05. The van der Waals surface area contributed by atoms with Crippen LogP contribution in [0.4, 0.5) is 4.39 Å². The van der Waals surface area contributed by atoms with Crippen molar-refractivity contribution < 1.29 is 14.2 Å². The van der Waals surface area contributed by atoms with Gasteiger partial charge in [-0.25, -0.2) is 4.39 Å². The number of ether oxygens (including phenoxy) is 1. The number of aliphatic hydroxyl groups excluding tert-OH is 1. The molecule has 0 fully saturated rings. The lowest BCUT2D eigenvalue weighted by molar-refractivity contribution is 0.180. The topological polar surface area (TPSA) is 29.5 Å². The molecule has 0 spiro atoms. The van der Waals surface area contributed by atoms with Crippen LogP contribution in [-0.4, -0.2) is 18.1 Å². The Morgan fingerprint density at radius 2 is 2.27 bits per heavy atom. The van der Waals surface area contributed by atoms with E-state index in [4.69, 9.17) is 4.74 Å². The van der Waals surface area contributed by atoms with E-state index < -0.39 is 13.0 Å². The zero-order valence-electron chi connectivity index (χ0n) is 13.4. The number of allylic oxidation sites excluding steroid dienone is 1. The zero-order chi connectivity index (χ0) is 16.1. The van der Waals surface area contributed by atoms with Gasteiger partial charge in [0.05, 0.1) is 6.10 Å². The number of alkyl halides is 1. The summed E-state index contributed by atoms with van der Waals surface area (Å²) in [6, 6.07) is 3.84. The highest BCUT2D eigenvalue weighted by atomic mass is 19.1. The molecule has 2 rings (SSSR count). The standard InChI is InChI=1S/C19H25FO2/c1-4-16(21)11-13(2)17-8-6-5-7-15-9-10-18(22-12-20)14(3)19(15)17/h4-5,7,9-10,13,16-17,21H,1,6,8,11-12H2,2-3H3/t13-,16-,17-/m0/s1. The molecule has 0 aliphatic heterocycles. The van der Waals surface area contributed by atoms with Gasteiger partial charge in [0.1, 0.15) is 5.75 Å². The van der Waals surface area contributed by atoms with Crippen LogP contribution in [0.25, 0.3) is 6.08 Å². The molecule has 1 aliphatic carbocycles. The number of aliphatic hydroxyl groups is 1. The van der Waals surface area contributed by atoms with Gasteiger partial charge in [0.15, 0.2) is 0 Å². The van der Waals surface area contributed by atoms with E-state index in [-0.39, 0.29) is 0 Å². The van der Waals surface area contributed by atoms with Crippen molar-refractivity contribution in [3.8, 4) is 5.75 Å². The highest BCUT2D eigenvalue weighted by Crippen LogP contribution is 2.41. The Balaban J connectivity index is 2.39. The summed E-state index contributed by atoms with van der Waals surface area (Å²) in [5, 5.41) is 9.88. The van der Waals surface area contributed by atoms with Crippen molar-refractivity contribution in [2.45, 2.75) is 45.1 Å². The van der Waals surface area contributed by atoms with Gasteiger partial charge < -0.3 is 9.84 Å². The van der Waals surface area contributed by atoms with E-state index in [0.717, 1.165) is 18.4 Å². The molecule has 0 heterocycles. The van der Waals surface area contributed by atoms with Gasteiger partial charge in [0.25, 0.3) is 0 Å². The second kappa shape index (κ2) is 7.59. The fraction of sp³-hybridized carbons (Fsp3) is 0.474. The average Bonchev–Trinajstić information content (AvgIpc) is 2.73. The van der Waals surface area contributed by atoms with Crippen LogP contribution in [0.1, 0.15) is 48.8 Å². The van der Waals surface area contributed by atoms with Gasteiger partial charge in [-0.05, 0) is 60.8 Å². The van der Waals surface area contributed by atoms with Crippen LogP contribution in [0.2, 0.25) is 0 Å². The van der Waals surface area contributed by atoms with Crippen LogP contribution >= 0.6 is 0 Å². The lowest BCUT2D eigenvalue weighted by Gasteiger charge is -2.28. The molecule has 0 saturated carbocycles. The van der Waals surface area contributed by atoms with Crippen LogP contribution in [0, 0.1) is 12.8 Å². The van der Waals surface area contributed by atoms with E-state index in [1.165, 1.54) is 11.1 Å². The molecule has 0 aromatic heterocycles. The van der Waals surface area contributed by atoms with Crippen molar-refractivity contribution in [2.24, 2.45) is 5.92 Å². The molecule has 120 valence electrons. The normalized spacial score (nSPS) is 19.9. The molecule has 1 N–H and O–H groups in total. The smallest absolute Gasteiger partial charge is 0.228 e. The van der Waals surface area contributed by atoms with E-state index in [0.29, 0.717) is 24.0 Å². The molecule has 1 aromatic carbocycles. The number of fused-ring (bicyclic) bond motifs is 1. The summed E-state index contributed by atoms with van der Waals surface area (Å²) in [7, 11) is 0. The monoisotopic (exact) mass is 304 g/mol. The number of benzene rings is 1. The summed E-state index contributed by atoms with van der Waals surface area (Å²) in [6.45, 7) is 6.99. The Kier molecular flexibility index (Phi) is 5.78. The Morgan fingerprint density at radius 1 is 1.50 bits per heavy atom. The van der Waals surface area contributed by atoms with Crippen LogP contribution < -0.4 is 4.74 Å². The fourth-order valence-corrected chi connectivity index (χ4v) is 3.42. The molecule has 0 saturated heterocycles. The molecule has 1 aromatic rings. The number of halogens is 1. The zero-order valence-corrected chi connectivity index (χ0v) is 13.4. The molecule has 0 unspecified atom stereocenters.